The van der Waals surface area contributed by atoms with Crippen LogP contribution in [0.15, 0.2) is 84.1 Å². The van der Waals surface area contributed by atoms with Crippen molar-refractivity contribution in [3.8, 4) is 5.75 Å². The van der Waals surface area contributed by atoms with E-state index in [-0.39, 0.29) is 17.7 Å². The number of anilines is 2. The molecule has 0 aromatic heterocycles. The molecule has 4 heteroatoms. The number of hydrogen-bond acceptors (Lipinski definition) is 4. The molecule has 3 aromatic carbocycles. The molecule has 1 aliphatic heterocycles. The summed E-state index contributed by atoms with van der Waals surface area (Å²) in [6.07, 6.45) is 2.31. The second-order valence-corrected chi connectivity index (χ2v) is 9.00. The fourth-order valence-electron chi connectivity index (χ4n) is 4.79. The van der Waals surface area contributed by atoms with Crippen LogP contribution in [0.3, 0.4) is 0 Å². The van der Waals surface area contributed by atoms with Crippen LogP contribution in [0.4, 0.5) is 11.4 Å². The first-order valence-electron chi connectivity index (χ1n) is 11.8. The van der Waals surface area contributed by atoms with Crippen molar-refractivity contribution in [3.05, 3.63) is 101 Å². The summed E-state index contributed by atoms with van der Waals surface area (Å²) >= 11 is 0. The molecule has 0 amide bonds. The van der Waals surface area contributed by atoms with Crippen molar-refractivity contribution < 1.29 is 9.53 Å². The quantitative estimate of drug-likeness (QED) is 0.462. The molecule has 168 valence electrons. The second-order valence-electron chi connectivity index (χ2n) is 9.00. The van der Waals surface area contributed by atoms with Gasteiger partial charge in [0.15, 0.2) is 5.78 Å². The summed E-state index contributed by atoms with van der Waals surface area (Å²) in [5.41, 5.74) is 7.39. The number of aryl methyl sites for hydroxylation is 1. The zero-order valence-corrected chi connectivity index (χ0v) is 19.2. The maximum absolute atomic E-state index is 13.6. The number of benzene rings is 3. The molecule has 2 N–H and O–H groups in total. The van der Waals surface area contributed by atoms with Gasteiger partial charge in [0, 0.05) is 17.7 Å². The Kier molecular flexibility index (Phi) is 5.91. The van der Waals surface area contributed by atoms with E-state index < -0.39 is 0 Å². The largest absolute Gasteiger partial charge is 0.494 e. The monoisotopic (exact) mass is 438 g/mol. The van der Waals surface area contributed by atoms with Gasteiger partial charge in [-0.1, -0.05) is 61.0 Å². The number of Topliss-reactive ketones (excluding diaryl/α,β-unsaturated/α-hetero) is 1. The van der Waals surface area contributed by atoms with Crippen LogP contribution in [0.25, 0.3) is 0 Å². The highest BCUT2D eigenvalue weighted by Gasteiger charge is 2.36. The molecule has 2 atom stereocenters. The SMILES string of the molecule is CCCOc1ccc([C@@H]2Nc3ccccc3NC3=C2C(=O)C[C@@H](c2ccc(C)cc2)C3)cc1. The fourth-order valence-corrected chi connectivity index (χ4v) is 4.79. The first-order valence-corrected chi connectivity index (χ1v) is 11.8. The number of fused-ring (bicyclic) bond motifs is 1. The lowest BCUT2D eigenvalue weighted by molar-refractivity contribution is -0.116. The molecule has 0 fully saturated rings. The van der Waals surface area contributed by atoms with Gasteiger partial charge in [0.05, 0.1) is 24.0 Å². The molecule has 5 rings (SSSR count). The number of ketones is 1. The van der Waals surface area contributed by atoms with Crippen LogP contribution in [0.1, 0.15) is 54.8 Å². The lowest BCUT2D eigenvalue weighted by Gasteiger charge is -2.30. The van der Waals surface area contributed by atoms with Crippen molar-refractivity contribution in [2.75, 3.05) is 17.2 Å². The number of carbonyl (C=O) groups excluding carboxylic acids is 1. The Bertz CT molecular complexity index is 1180. The summed E-state index contributed by atoms with van der Waals surface area (Å²) in [6, 6.07) is 24.7. The van der Waals surface area contributed by atoms with E-state index in [0.29, 0.717) is 13.0 Å². The Morgan fingerprint density at radius 1 is 0.879 bits per heavy atom. The highest BCUT2D eigenvalue weighted by molar-refractivity contribution is 6.01. The van der Waals surface area contributed by atoms with Crippen LogP contribution < -0.4 is 15.4 Å². The van der Waals surface area contributed by atoms with E-state index in [1.165, 1.54) is 11.1 Å². The van der Waals surface area contributed by atoms with Crippen molar-refractivity contribution in [1.82, 2.24) is 0 Å². The summed E-state index contributed by atoms with van der Waals surface area (Å²) in [7, 11) is 0. The van der Waals surface area contributed by atoms with Crippen LogP contribution in [0.5, 0.6) is 5.75 Å². The Balaban J connectivity index is 1.53. The minimum Gasteiger partial charge on any atom is -0.494 e. The number of carbonyl (C=O) groups is 1. The van der Waals surface area contributed by atoms with Crippen LogP contribution in [-0.4, -0.2) is 12.4 Å². The van der Waals surface area contributed by atoms with E-state index in [1.54, 1.807) is 0 Å². The summed E-state index contributed by atoms with van der Waals surface area (Å²) in [5.74, 6) is 1.24. The first-order chi connectivity index (χ1) is 16.1. The van der Waals surface area contributed by atoms with Gasteiger partial charge in [-0.2, -0.15) is 0 Å². The van der Waals surface area contributed by atoms with Crippen molar-refractivity contribution in [2.24, 2.45) is 0 Å². The number of hydrogen-bond donors (Lipinski definition) is 2. The lowest BCUT2D eigenvalue weighted by Crippen LogP contribution is -2.26. The molecule has 0 spiro atoms. The molecule has 0 radical (unpaired) electrons. The van der Waals surface area contributed by atoms with Gasteiger partial charge in [0.1, 0.15) is 5.75 Å². The van der Waals surface area contributed by atoms with Crippen molar-refractivity contribution in [3.63, 3.8) is 0 Å². The van der Waals surface area contributed by atoms with Gasteiger partial charge in [0.2, 0.25) is 0 Å². The number of para-hydroxylation sites is 2. The summed E-state index contributed by atoms with van der Waals surface area (Å²) in [5, 5.41) is 7.26. The van der Waals surface area contributed by atoms with E-state index in [0.717, 1.165) is 46.8 Å². The lowest BCUT2D eigenvalue weighted by atomic mass is 9.78. The third-order valence-corrected chi connectivity index (χ3v) is 6.54. The molecule has 0 saturated carbocycles. The zero-order chi connectivity index (χ0) is 22.8. The average molecular weight is 439 g/mol. The smallest absolute Gasteiger partial charge is 0.163 e. The molecule has 33 heavy (non-hydrogen) atoms. The maximum Gasteiger partial charge on any atom is 0.163 e. The number of nitrogens with one attached hydrogen (secondary N) is 2. The Hall–Kier alpha value is -3.53. The number of rotatable bonds is 5. The molecule has 3 aromatic rings. The van der Waals surface area contributed by atoms with E-state index in [4.69, 9.17) is 4.74 Å². The number of ether oxygens (including phenoxy) is 1. The van der Waals surface area contributed by atoms with Gasteiger partial charge in [-0.3, -0.25) is 4.79 Å². The minimum atomic E-state index is -0.206. The van der Waals surface area contributed by atoms with Gasteiger partial charge >= 0.3 is 0 Å². The molecule has 0 bridgehead atoms. The minimum absolute atomic E-state index is 0.181. The van der Waals surface area contributed by atoms with Gasteiger partial charge in [-0.25, -0.2) is 0 Å². The third-order valence-electron chi connectivity index (χ3n) is 6.54. The highest BCUT2D eigenvalue weighted by atomic mass is 16.5. The normalized spacial score (nSPS) is 19.6. The fraction of sp³-hybridized carbons (Fsp3) is 0.276. The summed E-state index contributed by atoms with van der Waals surface area (Å²) in [4.78, 5) is 13.6. The van der Waals surface area contributed by atoms with Crippen LogP contribution in [0.2, 0.25) is 0 Å². The third kappa shape index (κ3) is 4.38. The molecule has 1 heterocycles. The van der Waals surface area contributed by atoms with Crippen LogP contribution in [-0.2, 0) is 4.79 Å². The van der Waals surface area contributed by atoms with Gasteiger partial charge < -0.3 is 15.4 Å². The summed E-state index contributed by atoms with van der Waals surface area (Å²) in [6.45, 7) is 4.89. The molecule has 0 saturated heterocycles. The van der Waals surface area contributed by atoms with E-state index >= 15 is 0 Å². The van der Waals surface area contributed by atoms with Gasteiger partial charge in [0.25, 0.3) is 0 Å². The molecular formula is C29H30N2O2. The second kappa shape index (κ2) is 9.14. The molecular weight excluding hydrogens is 408 g/mol. The Morgan fingerprint density at radius 2 is 1.58 bits per heavy atom. The van der Waals surface area contributed by atoms with E-state index in [2.05, 4.69) is 73.0 Å². The molecule has 4 nitrogen and oxygen atoms in total. The predicted molar refractivity (Wildman–Crippen MR) is 134 cm³/mol. The van der Waals surface area contributed by atoms with Gasteiger partial charge in [-0.05, 0) is 61.1 Å². The predicted octanol–water partition coefficient (Wildman–Crippen LogP) is 6.76. The molecule has 2 aliphatic rings. The van der Waals surface area contributed by atoms with Crippen LogP contribution >= 0.6 is 0 Å². The first kappa shape index (κ1) is 21.3. The Morgan fingerprint density at radius 3 is 2.30 bits per heavy atom. The number of allylic oxidation sites excluding steroid dienone is 1. The van der Waals surface area contributed by atoms with Crippen molar-refractivity contribution >= 4 is 17.2 Å². The zero-order valence-electron chi connectivity index (χ0n) is 19.2. The van der Waals surface area contributed by atoms with Crippen molar-refractivity contribution in [2.45, 2.75) is 45.1 Å². The topological polar surface area (TPSA) is 50.4 Å². The molecule has 0 unspecified atom stereocenters. The summed E-state index contributed by atoms with van der Waals surface area (Å²) < 4.78 is 5.77. The molecule has 1 aliphatic carbocycles. The Labute approximate surface area is 195 Å². The van der Waals surface area contributed by atoms with E-state index in [1.807, 2.05) is 24.3 Å². The maximum atomic E-state index is 13.6. The average Bonchev–Trinajstić information content (AvgIpc) is 3.00. The standard InChI is InChI=1S/C29H30N2O2/c1-3-16-33-23-14-12-21(13-15-23)29-28-26(30-24-6-4-5-7-25(24)31-29)17-22(18-27(28)32)20-10-8-19(2)9-11-20/h4-15,22,29-31H,3,16-18H2,1-2H3/t22-,29-/m0/s1. The van der Waals surface area contributed by atoms with E-state index in [9.17, 15) is 4.79 Å². The van der Waals surface area contributed by atoms with Crippen LogP contribution in [0, 0.1) is 6.92 Å². The highest BCUT2D eigenvalue weighted by Crippen LogP contribution is 2.44. The van der Waals surface area contributed by atoms with Gasteiger partial charge in [-0.15, -0.1) is 0 Å². The van der Waals surface area contributed by atoms with Crippen molar-refractivity contribution in [1.29, 1.82) is 0 Å².